The van der Waals surface area contributed by atoms with E-state index in [1.54, 1.807) is 30.3 Å². The van der Waals surface area contributed by atoms with Gasteiger partial charge in [0.1, 0.15) is 17.6 Å². The Kier molecular flexibility index (Phi) is 5.21. The summed E-state index contributed by atoms with van der Waals surface area (Å²) in [5.74, 6) is -0.353. The van der Waals surface area contributed by atoms with E-state index in [2.05, 4.69) is 20.4 Å². The fourth-order valence-corrected chi connectivity index (χ4v) is 3.16. The van der Waals surface area contributed by atoms with Crippen LogP contribution >= 0.6 is 0 Å². The molecule has 0 saturated carbocycles. The van der Waals surface area contributed by atoms with E-state index in [1.165, 1.54) is 18.2 Å². The molecule has 9 heteroatoms. The first-order valence-corrected chi connectivity index (χ1v) is 9.07. The molecular weight excluding hydrogens is 410 g/mol. The van der Waals surface area contributed by atoms with Crippen LogP contribution in [0.25, 0.3) is 22.5 Å². The largest absolute Gasteiger partial charge is 0.417 e. The Balaban J connectivity index is 1.79. The molecule has 0 amide bonds. The second-order valence-electron chi connectivity index (χ2n) is 6.80. The number of H-pyrrole nitrogens is 1. The summed E-state index contributed by atoms with van der Waals surface area (Å²) in [5, 5.41) is 19.4. The van der Waals surface area contributed by atoms with E-state index in [1.807, 2.05) is 6.07 Å². The van der Waals surface area contributed by atoms with Crippen molar-refractivity contribution >= 4 is 0 Å². The lowest BCUT2D eigenvalue weighted by molar-refractivity contribution is -0.137. The first kappa shape index (κ1) is 20.2. The van der Waals surface area contributed by atoms with Crippen LogP contribution in [0.2, 0.25) is 0 Å². The van der Waals surface area contributed by atoms with Gasteiger partial charge in [0.15, 0.2) is 5.69 Å². The van der Waals surface area contributed by atoms with Crippen LogP contribution in [-0.4, -0.2) is 20.4 Å². The number of alkyl halides is 3. The molecule has 4 aromatic rings. The quantitative estimate of drug-likeness (QED) is 0.460. The molecule has 0 bridgehead atoms. The van der Waals surface area contributed by atoms with E-state index in [9.17, 15) is 22.8 Å². The highest BCUT2D eigenvalue weighted by molar-refractivity contribution is 5.73. The summed E-state index contributed by atoms with van der Waals surface area (Å²) in [7, 11) is 0. The standard InChI is InChI=1S/C22H13F4N5/c23-18-4-1-13(2-5-18)7-14-8-15(19-6-3-17(12-28-19)22(24,25)26)10-16(9-14)21-20(11-27)29-31-30-21/h1-6,8-10,12H,7H2,(H,29,30,31). The second kappa shape index (κ2) is 7.99. The molecule has 0 aliphatic carbocycles. The number of hydrogen-bond acceptors (Lipinski definition) is 4. The van der Waals surface area contributed by atoms with Crippen molar-refractivity contribution in [3.8, 4) is 28.6 Å². The number of nitriles is 1. The maximum atomic E-state index is 13.2. The summed E-state index contributed by atoms with van der Waals surface area (Å²) in [6, 6.07) is 15.5. The smallest absolute Gasteiger partial charge is 0.256 e. The number of benzene rings is 2. The third kappa shape index (κ3) is 4.43. The average molecular weight is 423 g/mol. The zero-order valence-electron chi connectivity index (χ0n) is 15.8. The van der Waals surface area contributed by atoms with Crippen LogP contribution in [0.4, 0.5) is 17.6 Å². The summed E-state index contributed by atoms with van der Waals surface area (Å²) >= 11 is 0. The Morgan fingerprint density at radius 3 is 2.32 bits per heavy atom. The molecule has 0 radical (unpaired) electrons. The number of nitrogens with zero attached hydrogens (tertiary/aromatic N) is 4. The van der Waals surface area contributed by atoms with Crippen LogP contribution in [0.3, 0.4) is 0 Å². The summed E-state index contributed by atoms with van der Waals surface area (Å²) < 4.78 is 51.8. The number of aromatic nitrogens is 4. The summed E-state index contributed by atoms with van der Waals surface area (Å²) in [4.78, 5) is 3.96. The van der Waals surface area contributed by atoms with Crippen molar-refractivity contribution < 1.29 is 17.6 Å². The van der Waals surface area contributed by atoms with E-state index in [4.69, 9.17) is 0 Å². The normalized spacial score (nSPS) is 11.3. The molecule has 1 N–H and O–H groups in total. The molecule has 154 valence electrons. The van der Waals surface area contributed by atoms with Gasteiger partial charge in [-0.15, -0.1) is 5.10 Å². The van der Waals surface area contributed by atoms with E-state index < -0.39 is 11.7 Å². The zero-order chi connectivity index (χ0) is 22.0. The van der Waals surface area contributed by atoms with Crippen LogP contribution in [0.15, 0.2) is 60.8 Å². The van der Waals surface area contributed by atoms with Gasteiger partial charge in [-0.05, 0) is 60.0 Å². The highest BCUT2D eigenvalue weighted by Gasteiger charge is 2.30. The van der Waals surface area contributed by atoms with E-state index in [-0.39, 0.29) is 11.5 Å². The Morgan fingerprint density at radius 2 is 1.68 bits per heavy atom. The topological polar surface area (TPSA) is 78.2 Å². The molecule has 31 heavy (non-hydrogen) atoms. The number of hydrogen-bond donors (Lipinski definition) is 1. The first-order chi connectivity index (χ1) is 14.8. The number of pyridine rings is 1. The van der Waals surface area contributed by atoms with Gasteiger partial charge in [-0.25, -0.2) is 9.49 Å². The highest BCUT2D eigenvalue weighted by atomic mass is 19.4. The molecule has 0 aliphatic rings. The van der Waals surface area contributed by atoms with Crippen molar-refractivity contribution in [1.82, 2.24) is 20.4 Å². The van der Waals surface area contributed by atoms with Crippen molar-refractivity contribution in [2.45, 2.75) is 12.6 Å². The Bertz CT molecular complexity index is 1250. The highest BCUT2D eigenvalue weighted by Crippen LogP contribution is 2.32. The minimum atomic E-state index is -4.48. The van der Waals surface area contributed by atoms with Gasteiger partial charge in [0.25, 0.3) is 0 Å². The predicted octanol–water partition coefficient (Wildman–Crippen LogP) is 5.15. The number of nitrogens with one attached hydrogen (secondary N) is 1. The number of rotatable bonds is 4. The van der Waals surface area contributed by atoms with Gasteiger partial charge in [-0.1, -0.05) is 17.3 Å². The van der Waals surface area contributed by atoms with Gasteiger partial charge < -0.3 is 0 Å². The molecule has 0 fully saturated rings. The second-order valence-corrected chi connectivity index (χ2v) is 6.80. The molecule has 2 aromatic heterocycles. The number of aromatic amines is 1. The van der Waals surface area contributed by atoms with Crippen molar-refractivity contribution in [2.75, 3.05) is 0 Å². The van der Waals surface area contributed by atoms with Crippen molar-refractivity contribution in [3.05, 3.63) is 89.0 Å². The minimum absolute atomic E-state index is 0.158. The van der Waals surface area contributed by atoms with Gasteiger partial charge >= 0.3 is 6.18 Å². The molecule has 2 aromatic carbocycles. The Labute approximate surface area is 174 Å². The molecule has 0 spiro atoms. The summed E-state index contributed by atoms with van der Waals surface area (Å²) in [5.41, 5.74) is 2.69. The summed E-state index contributed by atoms with van der Waals surface area (Å²) in [6.45, 7) is 0. The van der Waals surface area contributed by atoms with E-state index in [0.29, 0.717) is 28.9 Å². The third-order valence-corrected chi connectivity index (χ3v) is 4.63. The first-order valence-electron chi connectivity index (χ1n) is 9.07. The Hall–Kier alpha value is -4.06. The Morgan fingerprint density at radius 1 is 0.935 bits per heavy atom. The molecule has 4 rings (SSSR count). The lowest BCUT2D eigenvalue weighted by atomic mass is 9.96. The van der Waals surface area contributed by atoms with Crippen LogP contribution in [-0.2, 0) is 12.6 Å². The van der Waals surface area contributed by atoms with Crippen LogP contribution in [0.1, 0.15) is 22.4 Å². The molecule has 0 atom stereocenters. The molecular formula is C22H13F4N5. The predicted molar refractivity (Wildman–Crippen MR) is 104 cm³/mol. The fraction of sp³-hybridized carbons (Fsp3) is 0.0909. The lowest BCUT2D eigenvalue weighted by Crippen LogP contribution is -2.05. The SMILES string of the molecule is N#Cc1[nH]nnc1-c1cc(Cc2ccc(F)cc2)cc(-c2ccc(C(F)(F)F)cn2)c1. The van der Waals surface area contributed by atoms with Gasteiger partial charge in [0.2, 0.25) is 0 Å². The molecule has 0 saturated heterocycles. The van der Waals surface area contributed by atoms with Crippen molar-refractivity contribution in [3.63, 3.8) is 0 Å². The van der Waals surface area contributed by atoms with Crippen LogP contribution in [0, 0.1) is 17.1 Å². The fourth-order valence-electron chi connectivity index (χ4n) is 3.16. The van der Waals surface area contributed by atoms with Crippen LogP contribution in [0.5, 0.6) is 0 Å². The lowest BCUT2D eigenvalue weighted by Gasteiger charge is -2.11. The minimum Gasteiger partial charge on any atom is -0.256 e. The molecule has 0 unspecified atom stereocenters. The van der Waals surface area contributed by atoms with Crippen molar-refractivity contribution in [1.29, 1.82) is 5.26 Å². The molecule has 5 nitrogen and oxygen atoms in total. The monoisotopic (exact) mass is 423 g/mol. The van der Waals surface area contributed by atoms with Gasteiger partial charge in [0, 0.05) is 17.3 Å². The third-order valence-electron chi connectivity index (χ3n) is 4.63. The van der Waals surface area contributed by atoms with Gasteiger partial charge in [0.05, 0.1) is 11.3 Å². The maximum Gasteiger partial charge on any atom is 0.417 e. The zero-order valence-corrected chi connectivity index (χ0v) is 15.8. The van der Waals surface area contributed by atoms with Gasteiger partial charge in [-0.2, -0.15) is 18.4 Å². The van der Waals surface area contributed by atoms with Gasteiger partial charge in [-0.3, -0.25) is 4.98 Å². The van der Waals surface area contributed by atoms with E-state index in [0.717, 1.165) is 23.4 Å². The van der Waals surface area contributed by atoms with Crippen molar-refractivity contribution in [2.24, 2.45) is 0 Å². The van der Waals surface area contributed by atoms with E-state index >= 15 is 0 Å². The average Bonchev–Trinajstić information content (AvgIpc) is 3.24. The molecule has 2 heterocycles. The van der Waals surface area contributed by atoms with Crippen LogP contribution < -0.4 is 0 Å². The summed E-state index contributed by atoms with van der Waals surface area (Å²) in [6.07, 6.45) is -3.27. The number of halogens is 4. The maximum absolute atomic E-state index is 13.2. The molecule has 0 aliphatic heterocycles.